The summed E-state index contributed by atoms with van der Waals surface area (Å²) in [5.41, 5.74) is 1.86. The molecule has 0 fully saturated rings. The minimum Gasteiger partial charge on any atom is -0.478 e. The summed E-state index contributed by atoms with van der Waals surface area (Å²) in [6.45, 7) is 3.97. The molecule has 1 aliphatic carbocycles. The molecule has 0 saturated carbocycles. The summed E-state index contributed by atoms with van der Waals surface area (Å²) in [4.78, 5) is 10.8. The van der Waals surface area contributed by atoms with Crippen LogP contribution >= 0.6 is 0 Å². The normalized spacial score (nSPS) is 22.5. The number of rotatable bonds is 1. The third kappa shape index (κ3) is 1.53. The molecule has 0 aliphatic heterocycles. The third-order valence-corrected chi connectivity index (χ3v) is 3.07. The van der Waals surface area contributed by atoms with Crippen molar-refractivity contribution in [3.63, 3.8) is 0 Å². The molecule has 0 bridgehead atoms. The molecule has 3 heteroatoms. The van der Waals surface area contributed by atoms with Gasteiger partial charge in [-0.15, -0.1) is 0 Å². The topological polar surface area (TPSA) is 57.5 Å². The summed E-state index contributed by atoms with van der Waals surface area (Å²) in [5.74, 6) is -0.949. The minimum absolute atomic E-state index is 0.195. The van der Waals surface area contributed by atoms with Crippen LogP contribution in [0.2, 0.25) is 0 Å². The lowest BCUT2D eigenvalue weighted by molar-refractivity contribution is 0.0658. The van der Waals surface area contributed by atoms with Crippen molar-refractivity contribution >= 4 is 5.97 Å². The van der Waals surface area contributed by atoms with E-state index in [1.54, 1.807) is 18.2 Å². The zero-order valence-electron chi connectivity index (χ0n) is 8.82. The van der Waals surface area contributed by atoms with E-state index in [2.05, 4.69) is 0 Å². The molecule has 0 heterocycles. The lowest BCUT2D eigenvalue weighted by atomic mass is 9.87. The second-order valence-electron chi connectivity index (χ2n) is 4.79. The van der Waals surface area contributed by atoms with Crippen molar-refractivity contribution in [3.05, 3.63) is 34.9 Å². The number of fused-ring (bicyclic) bond motifs is 1. The van der Waals surface area contributed by atoms with Crippen molar-refractivity contribution in [1.82, 2.24) is 0 Å². The van der Waals surface area contributed by atoms with Gasteiger partial charge in [-0.1, -0.05) is 19.9 Å². The van der Waals surface area contributed by atoms with Gasteiger partial charge in [0.25, 0.3) is 0 Å². The van der Waals surface area contributed by atoms with E-state index in [0.717, 1.165) is 17.5 Å². The number of carboxylic acid groups (broad SMARTS) is 1. The summed E-state index contributed by atoms with van der Waals surface area (Å²) < 4.78 is 0. The molecule has 1 atom stereocenters. The predicted molar refractivity (Wildman–Crippen MR) is 55.8 cm³/mol. The highest BCUT2D eigenvalue weighted by Crippen LogP contribution is 2.45. The summed E-state index contributed by atoms with van der Waals surface area (Å²) in [6.07, 6.45) is 0.232. The van der Waals surface area contributed by atoms with Crippen LogP contribution in [0.4, 0.5) is 0 Å². The summed E-state index contributed by atoms with van der Waals surface area (Å²) in [7, 11) is 0. The fraction of sp³-hybridized carbons (Fsp3) is 0.417. The van der Waals surface area contributed by atoms with Crippen LogP contribution in [0.25, 0.3) is 0 Å². The Kier molecular flexibility index (Phi) is 2.08. The first-order valence-corrected chi connectivity index (χ1v) is 4.96. The zero-order valence-corrected chi connectivity index (χ0v) is 8.82. The van der Waals surface area contributed by atoms with Crippen molar-refractivity contribution in [3.8, 4) is 0 Å². The van der Waals surface area contributed by atoms with Crippen LogP contribution in [-0.4, -0.2) is 16.2 Å². The largest absolute Gasteiger partial charge is 0.478 e. The predicted octanol–water partition coefficient (Wildman–Crippen LogP) is 2.00. The van der Waals surface area contributed by atoms with Gasteiger partial charge in [0, 0.05) is 0 Å². The molecular weight excluding hydrogens is 192 g/mol. The fourth-order valence-corrected chi connectivity index (χ4v) is 2.15. The molecule has 0 amide bonds. The van der Waals surface area contributed by atoms with Crippen molar-refractivity contribution in [2.75, 3.05) is 0 Å². The van der Waals surface area contributed by atoms with Crippen LogP contribution in [-0.2, 0) is 6.42 Å². The van der Waals surface area contributed by atoms with Gasteiger partial charge in [-0.25, -0.2) is 4.79 Å². The summed E-state index contributed by atoms with van der Waals surface area (Å²) >= 11 is 0. The number of hydrogen-bond acceptors (Lipinski definition) is 2. The maximum atomic E-state index is 10.8. The van der Waals surface area contributed by atoms with Crippen LogP contribution in [0.1, 0.15) is 41.4 Å². The smallest absolute Gasteiger partial charge is 0.335 e. The molecule has 3 nitrogen and oxygen atoms in total. The molecule has 0 aromatic heterocycles. The Morgan fingerprint density at radius 2 is 2.13 bits per heavy atom. The standard InChI is InChI=1S/C12H14O3/c1-12(2)6-8-4-3-7(11(14)15)5-9(8)10(12)13/h3-5,10,13H,6H2,1-2H3,(H,14,15)/t10-/m1/s1. The van der Waals surface area contributed by atoms with Gasteiger partial charge >= 0.3 is 5.97 Å². The first-order chi connectivity index (χ1) is 6.92. The average molecular weight is 206 g/mol. The number of hydrogen-bond donors (Lipinski definition) is 2. The highest BCUT2D eigenvalue weighted by Gasteiger charge is 2.37. The molecule has 0 unspecified atom stereocenters. The molecule has 1 aliphatic rings. The van der Waals surface area contributed by atoms with E-state index in [0.29, 0.717) is 0 Å². The van der Waals surface area contributed by atoms with Gasteiger partial charge in [0.1, 0.15) is 0 Å². The first kappa shape index (κ1) is 10.2. The molecule has 0 saturated heterocycles. The lowest BCUT2D eigenvalue weighted by Gasteiger charge is -2.22. The monoisotopic (exact) mass is 206 g/mol. The Hall–Kier alpha value is -1.35. The SMILES string of the molecule is CC1(C)Cc2ccc(C(=O)O)cc2[C@H]1O. The van der Waals surface area contributed by atoms with Gasteiger partial charge in [0.15, 0.2) is 0 Å². The number of aromatic carboxylic acids is 1. The van der Waals surface area contributed by atoms with Gasteiger partial charge < -0.3 is 10.2 Å². The van der Waals surface area contributed by atoms with E-state index in [1.165, 1.54) is 0 Å². The van der Waals surface area contributed by atoms with Crippen molar-refractivity contribution in [2.24, 2.45) is 5.41 Å². The van der Waals surface area contributed by atoms with Crippen LogP contribution in [0.5, 0.6) is 0 Å². The second-order valence-corrected chi connectivity index (χ2v) is 4.79. The number of carboxylic acids is 1. The van der Waals surface area contributed by atoms with Gasteiger partial charge in [0.05, 0.1) is 11.7 Å². The molecule has 1 aromatic rings. The van der Waals surface area contributed by atoms with Crippen molar-refractivity contribution in [2.45, 2.75) is 26.4 Å². The van der Waals surface area contributed by atoms with E-state index in [-0.39, 0.29) is 11.0 Å². The maximum absolute atomic E-state index is 10.8. The summed E-state index contributed by atoms with van der Waals surface area (Å²) in [5, 5.41) is 18.9. The lowest BCUT2D eigenvalue weighted by Crippen LogP contribution is -2.16. The average Bonchev–Trinajstić information content (AvgIpc) is 2.37. The van der Waals surface area contributed by atoms with Crippen molar-refractivity contribution < 1.29 is 15.0 Å². The van der Waals surface area contributed by atoms with Crippen LogP contribution in [0, 0.1) is 5.41 Å². The van der Waals surface area contributed by atoms with Crippen LogP contribution in [0.3, 0.4) is 0 Å². The molecule has 15 heavy (non-hydrogen) atoms. The van der Waals surface area contributed by atoms with Crippen LogP contribution < -0.4 is 0 Å². The molecule has 2 N–H and O–H groups in total. The first-order valence-electron chi connectivity index (χ1n) is 4.96. The number of carbonyl (C=O) groups is 1. The van der Waals surface area contributed by atoms with E-state index >= 15 is 0 Å². The minimum atomic E-state index is -0.949. The van der Waals surface area contributed by atoms with Crippen molar-refractivity contribution in [1.29, 1.82) is 0 Å². The molecule has 0 radical (unpaired) electrons. The third-order valence-electron chi connectivity index (χ3n) is 3.07. The number of aliphatic hydroxyl groups is 1. The van der Waals surface area contributed by atoms with Gasteiger partial charge in [-0.3, -0.25) is 0 Å². The van der Waals surface area contributed by atoms with E-state index < -0.39 is 12.1 Å². The highest BCUT2D eigenvalue weighted by atomic mass is 16.4. The Bertz CT molecular complexity index is 421. The number of aliphatic hydroxyl groups excluding tert-OH is 1. The van der Waals surface area contributed by atoms with E-state index in [9.17, 15) is 9.90 Å². The van der Waals surface area contributed by atoms with E-state index in [4.69, 9.17) is 5.11 Å². The Morgan fingerprint density at radius 1 is 1.47 bits per heavy atom. The van der Waals surface area contributed by atoms with Crippen LogP contribution in [0.15, 0.2) is 18.2 Å². The van der Waals surface area contributed by atoms with Gasteiger partial charge in [0.2, 0.25) is 0 Å². The van der Waals surface area contributed by atoms with Gasteiger partial charge in [-0.05, 0) is 35.1 Å². The molecule has 1 aromatic carbocycles. The molecule has 2 rings (SSSR count). The van der Waals surface area contributed by atoms with Gasteiger partial charge in [-0.2, -0.15) is 0 Å². The Morgan fingerprint density at radius 3 is 2.73 bits per heavy atom. The maximum Gasteiger partial charge on any atom is 0.335 e. The molecule has 80 valence electrons. The van der Waals surface area contributed by atoms with E-state index in [1.807, 2.05) is 13.8 Å². The zero-order chi connectivity index (χ0) is 11.2. The molecule has 0 spiro atoms. The summed E-state index contributed by atoms with van der Waals surface area (Å²) in [6, 6.07) is 4.98. The second kappa shape index (κ2) is 3.07. The quantitative estimate of drug-likeness (QED) is 0.738. The Balaban J connectivity index is 2.49. The fourth-order valence-electron chi connectivity index (χ4n) is 2.15. The number of benzene rings is 1. The highest BCUT2D eigenvalue weighted by molar-refractivity contribution is 5.88. The molecular formula is C12H14O3. The Labute approximate surface area is 88.4 Å².